The third-order valence-electron chi connectivity index (χ3n) is 2.96. The maximum Gasteiger partial charge on any atom is 0.232 e. The van der Waals surface area contributed by atoms with Crippen LogP contribution in [0.2, 0.25) is 0 Å². The van der Waals surface area contributed by atoms with Crippen LogP contribution >= 0.6 is 11.8 Å². The van der Waals surface area contributed by atoms with Crippen molar-refractivity contribution in [2.45, 2.75) is 24.7 Å². The SMILES string of the molecule is CCOc1ccc(SCC(=O)N2CCCC2)cc1. The minimum Gasteiger partial charge on any atom is -0.494 e. The quantitative estimate of drug-likeness (QED) is 0.767. The van der Waals surface area contributed by atoms with Crippen LogP contribution in [0.1, 0.15) is 19.8 Å². The van der Waals surface area contributed by atoms with E-state index in [-0.39, 0.29) is 5.91 Å². The van der Waals surface area contributed by atoms with Crippen molar-refractivity contribution >= 4 is 17.7 Å². The van der Waals surface area contributed by atoms with Crippen LogP contribution in [0.25, 0.3) is 0 Å². The molecule has 1 aliphatic rings. The van der Waals surface area contributed by atoms with Crippen LogP contribution in [0, 0.1) is 0 Å². The van der Waals surface area contributed by atoms with Gasteiger partial charge in [0.05, 0.1) is 12.4 Å². The lowest BCUT2D eigenvalue weighted by atomic mass is 10.3. The lowest BCUT2D eigenvalue weighted by Crippen LogP contribution is -2.29. The third-order valence-corrected chi connectivity index (χ3v) is 3.95. The molecule has 0 unspecified atom stereocenters. The van der Waals surface area contributed by atoms with Crippen molar-refractivity contribution in [2.24, 2.45) is 0 Å². The number of likely N-dealkylation sites (tertiary alicyclic amines) is 1. The van der Waals surface area contributed by atoms with E-state index < -0.39 is 0 Å². The van der Waals surface area contributed by atoms with Crippen molar-refractivity contribution < 1.29 is 9.53 Å². The molecule has 1 heterocycles. The molecule has 2 rings (SSSR count). The smallest absolute Gasteiger partial charge is 0.232 e. The zero-order chi connectivity index (χ0) is 12.8. The molecule has 0 saturated carbocycles. The van der Waals surface area contributed by atoms with E-state index in [0.29, 0.717) is 12.4 Å². The number of carbonyl (C=O) groups excluding carboxylic acids is 1. The summed E-state index contributed by atoms with van der Waals surface area (Å²) in [5.74, 6) is 1.67. The number of rotatable bonds is 5. The number of amides is 1. The molecular formula is C14H19NO2S. The molecule has 18 heavy (non-hydrogen) atoms. The van der Waals surface area contributed by atoms with Crippen LogP contribution in [0.3, 0.4) is 0 Å². The minimum absolute atomic E-state index is 0.256. The van der Waals surface area contributed by atoms with Crippen molar-refractivity contribution in [3.63, 3.8) is 0 Å². The third kappa shape index (κ3) is 3.67. The fourth-order valence-corrected chi connectivity index (χ4v) is 2.80. The number of ether oxygens (including phenoxy) is 1. The van der Waals surface area contributed by atoms with Gasteiger partial charge in [0.25, 0.3) is 0 Å². The Labute approximate surface area is 113 Å². The Morgan fingerprint density at radius 3 is 2.56 bits per heavy atom. The molecule has 0 spiro atoms. The van der Waals surface area contributed by atoms with Crippen molar-refractivity contribution in [3.05, 3.63) is 24.3 Å². The summed E-state index contributed by atoms with van der Waals surface area (Å²) in [6, 6.07) is 7.91. The van der Waals surface area contributed by atoms with Crippen LogP contribution in [-0.2, 0) is 4.79 Å². The summed E-state index contributed by atoms with van der Waals surface area (Å²) in [6.07, 6.45) is 2.30. The molecule has 1 fully saturated rings. The van der Waals surface area contributed by atoms with Crippen LogP contribution < -0.4 is 4.74 Å². The number of hydrogen-bond donors (Lipinski definition) is 0. The molecule has 1 saturated heterocycles. The summed E-state index contributed by atoms with van der Waals surface area (Å²) in [7, 11) is 0. The highest BCUT2D eigenvalue weighted by molar-refractivity contribution is 8.00. The van der Waals surface area contributed by atoms with E-state index in [4.69, 9.17) is 4.74 Å². The molecule has 0 N–H and O–H groups in total. The average molecular weight is 265 g/mol. The standard InChI is InChI=1S/C14H19NO2S/c1-2-17-12-5-7-13(8-6-12)18-11-14(16)15-9-3-4-10-15/h5-8H,2-4,9-11H2,1H3. The molecule has 1 amide bonds. The average Bonchev–Trinajstić information content (AvgIpc) is 2.92. The predicted molar refractivity (Wildman–Crippen MR) is 74.1 cm³/mol. The molecule has 0 radical (unpaired) electrons. The molecular weight excluding hydrogens is 246 g/mol. The van der Waals surface area contributed by atoms with Crippen molar-refractivity contribution in [2.75, 3.05) is 25.4 Å². The van der Waals surface area contributed by atoms with E-state index in [1.165, 1.54) is 0 Å². The van der Waals surface area contributed by atoms with Gasteiger partial charge in [-0.05, 0) is 44.0 Å². The molecule has 1 aliphatic heterocycles. The van der Waals surface area contributed by atoms with Crippen LogP contribution in [0.5, 0.6) is 5.75 Å². The minimum atomic E-state index is 0.256. The molecule has 0 aliphatic carbocycles. The van der Waals surface area contributed by atoms with E-state index in [0.717, 1.165) is 36.6 Å². The Morgan fingerprint density at radius 2 is 1.94 bits per heavy atom. The zero-order valence-corrected chi connectivity index (χ0v) is 11.5. The van der Waals surface area contributed by atoms with Gasteiger partial charge < -0.3 is 9.64 Å². The van der Waals surface area contributed by atoms with Gasteiger partial charge in [0.2, 0.25) is 5.91 Å². The zero-order valence-electron chi connectivity index (χ0n) is 10.7. The fourth-order valence-electron chi connectivity index (χ4n) is 2.00. The van der Waals surface area contributed by atoms with Gasteiger partial charge >= 0.3 is 0 Å². The molecule has 0 atom stereocenters. The lowest BCUT2D eigenvalue weighted by molar-refractivity contribution is -0.127. The summed E-state index contributed by atoms with van der Waals surface area (Å²) in [4.78, 5) is 14.9. The highest BCUT2D eigenvalue weighted by Crippen LogP contribution is 2.22. The van der Waals surface area contributed by atoms with Gasteiger partial charge in [-0.25, -0.2) is 0 Å². The summed E-state index contributed by atoms with van der Waals surface area (Å²) in [5.41, 5.74) is 0. The first-order valence-electron chi connectivity index (χ1n) is 6.43. The van der Waals surface area contributed by atoms with Gasteiger partial charge in [-0.1, -0.05) is 0 Å². The van der Waals surface area contributed by atoms with Gasteiger partial charge in [0.15, 0.2) is 0 Å². The molecule has 3 nitrogen and oxygen atoms in total. The van der Waals surface area contributed by atoms with Crippen molar-refractivity contribution in [1.29, 1.82) is 0 Å². The fraction of sp³-hybridized carbons (Fsp3) is 0.500. The number of benzene rings is 1. The van der Waals surface area contributed by atoms with E-state index in [2.05, 4.69) is 0 Å². The highest BCUT2D eigenvalue weighted by atomic mass is 32.2. The van der Waals surface area contributed by atoms with E-state index in [1.54, 1.807) is 11.8 Å². The summed E-state index contributed by atoms with van der Waals surface area (Å²) < 4.78 is 5.38. The second kappa shape index (κ2) is 6.69. The molecule has 98 valence electrons. The highest BCUT2D eigenvalue weighted by Gasteiger charge is 2.17. The number of thioether (sulfide) groups is 1. The molecule has 0 aromatic heterocycles. The van der Waals surface area contributed by atoms with Gasteiger partial charge in [-0.15, -0.1) is 11.8 Å². The van der Waals surface area contributed by atoms with Crippen LogP contribution in [0.15, 0.2) is 29.2 Å². The van der Waals surface area contributed by atoms with Gasteiger partial charge in [0, 0.05) is 18.0 Å². The Balaban J connectivity index is 1.80. The van der Waals surface area contributed by atoms with Crippen molar-refractivity contribution in [1.82, 2.24) is 4.90 Å². The Morgan fingerprint density at radius 1 is 1.28 bits per heavy atom. The topological polar surface area (TPSA) is 29.5 Å². The Bertz CT molecular complexity index is 385. The molecule has 4 heteroatoms. The first-order valence-corrected chi connectivity index (χ1v) is 7.41. The Hall–Kier alpha value is -1.16. The largest absolute Gasteiger partial charge is 0.494 e. The van der Waals surface area contributed by atoms with E-state index in [9.17, 15) is 4.79 Å². The summed E-state index contributed by atoms with van der Waals surface area (Å²) >= 11 is 1.60. The van der Waals surface area contributed by atoms with Crippen LogP contribution in [-0.4, -0.2) is 36.3 Å². The number of nitrogens with zero attached hydrogens (tertiary/aromatic N) is 1. The number of carbonyl (C=O) groups is 1. The first-order chi connectivity index (χ1) is 8.79. The number of hydrogen-bond acceptors (Lipinski definition) is 3. The van der Waals surface area contributed by atoms with E-state index >= 15 is 0 Å². The van der Waals surface area contributed by atoms with E-state index in [1.807, 2.05) is 36.1 Å². The predicted octanol–water partition coefficient (Wildman–Crippen LogP) is 2.80. The van der Waals surface area contributed by atoms with Gasteiger partial charge in [0.1, 0.15) is 5.75 Å². The van der Waals surface area contributed by atoms with Crippen LogP contribution in [0.4, 0.5) is 0 Å². The van der Waals surface area contributed by atoms with Crippen molar-refractivity contribution in [3.8, 4) is 5.75 Å². The maximum absolute atomic E-state index is 11.9. The van der Waals surface area contributed by atoms with Gasteiger partial charge in [-0.3, -0.25) is 4.79 Å². The summed E-state index contributed by atoms with van der Waals surface area (Å²) in [6.45, 7) is 4.52. The normalized spacial score (nSPS) is 14.8. The summed E-state index contributed by atoms with van der Waals surface area (Å²) in [5, 5.41) is 0. The first kappa shape index (κ1) is 13.3. The van der Waals surface area contributed by atoms with Gasteiger partial charge in [-0.2, -0.15) is 0 Å². The second-order valence-electron chi connectivity index (χ2n) is 4.28. The molecule has 0 bridgehead atoms. The molecule has 1 aromatic rings. The lowest BCUT2D eigenvalue weighted by Gasteiger charge is -2.14. The monoisotopic (exact) mass is 265 g/mol. The maximum atomic E-state index is 11.9. The molecule has 1 aromatic carbocycles. The Kier molecular flexibility index (Phi) is 4.93. The second-order valence-corrected chi connectivity index (χ2v) is 5.33.